The molecule has 0 radical (unpaired) electrons. The quantitative estimate of drug-likeness (QED) is 0.688. The largest absolute Gasteiger partial charge is 0.382 e. The van der Waals surface area contributed by atoms with E-state index in [9.17, 15) is 10.2 Å². The minimum atomic E-state index is -0.865. The van der Waals surface area contributed by atoms with Crippen molar-refractivity contribution in [1.82, 2.24) is 0 Å². The van der Waals surface area contributed by atoms with Crippen LogP contribution in [0.2, 0.25) is 0 Å². The second-order valence-corrected chi connectivity index (χ2v) is 5.60. The van der Waals surface area contributed by atoms with Gasteiger partial charge in [-0.15, -0.1) is 0 Å². The lowest BCUT2D eigenvalue weighted by atomic mass is 9.83. The minimum absolute atomic E-state index is 0.865. The van der Waals surface area contributed by atoms with Gasteiger partial charge in [-0.3, -0.25) is 0 Å². The molecule has 2 rings (SSSR count). The predicted octanol–water partition coefficient (Wildman–Crippen LogP) is 2.82. The van der Waals surface area contributed by atoms with E-state index in [1.54, 1.807) is 26.0 Å². The monoisotopic (exact) mass is 244 g/mol. The Kier molecular flexibility index (Phi) is 2.96. The number of hydrogen-bond donors (Lipinski definition) is 2. The summed E-state index contributed by atoms with van der Waals surface area (Å²) in [6, 6.07) is 0. The molecule has 0 saturated heterocycles. The van der Waals surface area contributed by atoms with Crippen molar-refractivity contribution in [2.24, 2.45) is 0 Å². The molecule has 2 atom stereocenters. The van der Waals surface area contributed by atoms with Gasteiger partial charge in [-0.25, -0.2) is 0 Å². The first kappa shape index (κ1) is 13.1. The normalized spacial score (nSPS) is 39.7. The minimum Gasteiger partial charge on any atom is -0.382 e. The Bertz CT molecular complexity index is 475. The second kappa shape index (κ2) is 4.08. The number of allylic oxidation sites excluding steroid dienone is 6. The molecule has 0 aromatic heterocycles. The van der Waals surface area contributed by atoms with Crippen molar-refractivity contribution in [2.75, 3.05) is 0 Å². The van der Waals surface area contributed by atoms with Crippen LogP contribution in [0.5, 0.6) is 0 Å². The maximum atomic E-state index is 9.95. The zero-order valence-corrected chi connectivity index (χ0v) is 11.4. The first-order valence-electron chi connectivity index (χ1n) is 6.17. The van der Waals surface area contributed by atoms with Gasteiger partial charge >= 0.3 is 0 Å². The van der Waals surface area contributed by atoms with Gasteiger partial charge < -0.3 is 10.2 Å². The molecule has 0 fully saturated rings. The highest BCUT2D eigenvalue weighted by atomic mass is 16.3. The van der Waals surface area contributed by atoms with Crippen molar-refractivity contribution in [1.29, 1.82) is 0 Å². The molecule has 0 heterocycles. The maximum Gasteiger partial charge on any atom is 0.0989 e. The highest BCUT2D eigenvalue weighted by Gasteiger charge is 2.23. The molecule has 2 aliphatic rings. The summed E-state index contributed by atoms with van der Waals surface area (Å²) in [6.45, 7) is 7.51. The molecule has 0 amide bonds. The molecule has 0 saturated carbocycles. The van der Waals surface area contributed by atoms with Gasteiger partial charge in [0.25, 0.3) is 0 Å². The van der Waals surface area contributed by atoms with Crippen molar-refractivity contribution in [2.45, 2.75) is 38.9 Å². The average molecular weight is 244 g/mol. The Labute approximate surface area is 108 Å². The molecule has 0 aromatic carbocycles. The number of rotatable bonds is 0. The summed E-state index contributed by atoms with van der Waals surface area (Å²) >= 11 is 0. The molecule has 2 unspecified atom stereocenters. The van der Waals surface area contributed by atoms with Crippen LogP contribution in [-0.4, -0.2) is 21.4 Å². The van der Waals surface area contributed by atoms with E-state index in [-0.39, 0.29) is 0 Å². The average Bonchev–Trinajstić information content (AvgIpc) is 2.17. The lowest BCUT2D eigenvalue weighted by Gasteiger charge is -2.26. The van der Waals surface area contributed by atoms with Crippen LogP contribution in [0.3, 0.4) is 0 Å². The summed E-state index contributed by atoms with van der Waals surface area (Å²) in [5.74, 6) is 0. The Balaban J connectivity index is 2.47. The van der Waals surface area contributed by atoms with Gasteiger partial charge in [0.05, 0.1) is 11.2 Å². The van der Waals surface area contributed by atoms with E-state index in [1.807, 2.05) is 38.2 Å². The zero-order chi connectivity index (χ0) is 13.6. The molecular weight excluding hydrogens is 224 g/mol. The van der Waals surface area contributed by atoms with Crippen LogP contribution < -0.4 is 0 Å². The van der Waals surface area contributed by atoms with Crippen LogP contribution in [0.1, 0.15) is 27.7 Å². The Morgan fingerprint density at radius 2 is 1.11 bits per heavy atom. The Morgan fingerprint density at radius 1 is 0.778 bits per heavy atom. The molecule has 2 nitrogen and oxygen atoms in total. The standard InChI is InChI=1S/C16H20O2/c1-11-9-15(3,17)7-5-13(11)14-6-8-16(4,18)10-12(14)2/h5-10,17-18H,1-4H3. The molecule has 0 bridgehead atoms. The summed E-state index contributed by atoms with van der Waals surface area (Å²) in [5, 5.41) is 19.9. The third kappa shape index (κ3) is 2.55. The topological polar surface area (TPSA) is 40.5 Å². The lowest BCUT2D eigenvalue weighted by molar-refractivity contribution is 0.161. The Morgan fingerprint density at radius 3 is 1.39 bits per heavy atom. The van der Waals surface area contributed by atoms with Gasteiger partial charge in [0, 0.05) is 0 Å². The highest BCUT2D eigenvalue weighted by Crippen LogP contribution is 2.33. The van der Waals surface area contributed by atoms with Gasteiger partial charge in [-0.1, -0.05) is 12.2 Å². The van der Waals surface area contributed by atoms with Crippen LogP contribution in [0.25, 0.3) is 0 Å². The second-order valence-electron chi connectivity index (χ2n) is 5.60. The lowest BCUT2D eigenvalue weighted by Crippen LogP contribution is -2.22. The van der Waals surface area contributed by atoms with E-state index in [0.717, 1.165) is 22.3 Å². The fourth-order valence-corrected chi connectivity index (χ4v) is 2.50. The zero-order valence-electron chi connectivity index (χ0n) is 11.4. The van der Waals surface area contributed by atoms with Gasteiger partial charge in [0.1, 0.15) is 0 Å². The molecular formula is C16H20O2. The van der Waals surface area contributed by atoms with E-state index in [2.05, 4.69) is 0 Å². The van der Waals surface area contributed by atoms with E-state index >= 15 is 0 Å². The van der Waals surface area contributed by atoms with Crippen LogP contribution in [0.4, 0.5) is 0 Å². The summed E-state index contributed by atoms with van der Waals surface area (Å²) < 4.78 is 0. The van der Waals surface area contributed by atoms with Crippen LogP contribution >= 0.6 is 0 Å². The molecule has 18 heavy (non-hydrogen) atoms. The van der Waals surface area contributed by atoms with Crippen molar-refractivity contribution >= 4 is 0 Å². The van der Waals surface area contributed by atoms with Crippen LogP contribution in [-0.2, 0) is 0 Å². The number of aliphatic hydroxyl groups is 2. The molecule has 2 aliphatic carbocycles. The van der Waals surface area contributed by atoms with Gasteiger partial charge in [-0.05, 0) is 74.3 Å². The molecule has 0 aliphatic heterocycles. The van der Waals surface area contributed by atoms with Gasteiger partial charge in [0.2, 0.25) is 0 Å². The predicted molar refractivity (Wildman–Crippen MR) is 74.1 cm³/mol. The molecule has 96 valence electrons. The third-order valence-electron chi connectivity index (χ3n) is 3.33. The van der Waals surface area contributed by atoms with Crippen molar-refractivity contribution in [3.8, 4) is 0 Å². The van der Waals surface area contributed by atoms with E-state index in [0.29, 0.717) is 0 Å². The maximum absolute atomic E-state index is 9.95. The van der Waals surface area contributed by atoms with Crippen molar-refractivity contribution in [3.05, 3.63) is 58.7 Å². The summed E-state index contributed by atoms with van der Waals surface area (Å²) in [4.78, 5) is 0. The first-order chi connectivity index (χ1) is 8.20. The van der Waals surface area contributed by atoms with Crippen molar-refractivity contribution in [3.63, 3.8) is 0 Å². The SMILES string of the molecule is CC1=CC(C)(O)C=CC1=C1C=CC(C)(O)C=C1C. The van der Waals surface area contributed by atoms with Crippen LogP contribution in [0.15, 0.2) is 58.7 Å². The fraction of sp³-hybridized carbons (Fsp3) is 0.375. The van der Waals surface area contributed by atoms with Crippen LogP contribution in [0, 0.1) is 0 Å². The van der Waals surface area contributed by atoms with E-state index < -0.39 is 11.2 Å². The molecule has 0 aromatic rings. The van der Waals surface area contributed by atoms with Gasteiger partial charge in [0.15, 0.2) is 0 Å². The fourth-order valence-electron chi connectivity index (χ4n) is 2.50. The van der Waals surface area contributed by atoms with Gasteiger partial charge in [-0.2, -0.15) is 0 Å². The summed E-state index contributed by atoms with van der Waals surface area (Å²) in [5.41, 5.74) is 2.57. The third-order valence-corrected chi connectivity index (χ3v) is 3.33. The summed E-state index contributed by atoms with van der Waals surface area (Å²) in [6.07, 6.45) is 11.2. The molecule has 0 spiro atoms. The van der Waals surface area contributed by atoms with E-state index in [1.165, 1.54) is 0 Å². The van der Waals surface area contributed by atoms with E-state index in [4.69, 9.17) is 0 Å². The molecule has 2 heteroatoms. The molecule has 2 N–H and O–H groups in total. The first-order valence-corrected chi connectivity index (χ1v) is 6.17. The number of hydrogen-bond acceptors (Lipinski definition) is 2. The Hall–Kier alpha value is -1.38. The highest BCUT2D eigenvalue weighted by molar-refractivity contribution is 5.59. The van der Waals surface area contributed by atoms with Crippen molar-refractivity contribution < 1.29 is 10.2 Å². The smallest absolute Gasteiger partial charge is 0.0989 e. The summed E-state index contributed by atoms with van der Waals surface area (Å²) in [7, 11) is 0.